The van der Waals surface area contributed by atoms with Gasteiger partial charge in [-0.25, -0.2) is 0 Å². The molecule has 1 aromatic rings. The Hall–Kier alpha value is -1.59. The minimum absolute atomic E-state index is 0.122. The van der Waals surface area contributed by atoms with Gasteiger partial charge in [-0.05, 0) is 68.6 Å². The van der Waals surface area contributed by atoms with Crippen LogP contribution in [0, 0.1) is 11.3 Å². The van der Waals surface area contributed by atoms with E-state index in [0.29, 0.717) is 12.8 Å². The smallest absolute Gasteiger partial charge is 0.238 e. The van der Waals surface area contributed by atoms with E-state index in [0.717, 1.165) is 37.7 Å². The van der Waals surface area contributed by atoms with Crippen LogP contribution in [0.2, 0.25) is 0 Å². The van der Waals surface area contributed by atoms with Crippen LogP contribution in [0.25, 0.3) is 0 Å². The lowest BCUT2D eigenvalue weighted by Crippen LogP contribution is -2.36. The molecule has 0 aromatic heterocycles. The van der Waals surface area contributed by atoms with Gasteiger partial charge in [-0.1, -0.05) is 44.2 Å². The maximum absolute atomic E-state index is 12.4. The molecule has 2 aliphatic rings. The number of carbonyl (C=O) groups is 1. The van der Waals surface area contributed by atoms with E-state index in [1.54, 1.807) is 0 Å². The van der Waals surface area contributed by atoms with Gasteiger partial charge in [-0.15, -0.1) is 0 Å². The Morgan fingerprint density at radius 3 is 2.47 bits per heavy atom. The minimum atomic E-state index is -0.708. The molecule has 0 saturated heterocycles. The number of ether oxygens (including phenoxy) is 1. The van der Waals surface area contributed by atoms with Crippen molar-refractivity contribution in [2.75, 3.05) is 18.5 Å². The van der Waals surface area contributed by atoms with Gasteiger partial charge in [0.25, 0.3) is 0 Å². The number of amides is 1. The van der Waals surface area contributed by atoms with E-state index in [9.17, 15) is 4.79 Å². The zero-order chi connectivity index (χ0) is 21.2. The number of nitrogens with one attached hydrogen (secondary N) is 1. The lowest BCUT2D eigenvalue weighted by molar-refractivity contribution is -0.119. The lowest BCUT2D eigenvalue weighted by Gasteiger charge is -2.21. The summed E-state index contributed by atoms with van der Waals surface area (Å²) in [7, 11) is 0. The lowest BCUT2D eigenvalue weighted by atomic mass is 9.90. The predicted octanol–water partition coefficient (Wildman–Crippen LogP) is 5.62. The summed E-state index contributed by atoms with van der Waals surface area (Å²) in [4.78, 5) is 12.4. The molecule has 0 unspecified atom stereocenters. The van der Waals surface area contributed by atoms with Crippen molar-refractivity contribution in [1.29, 1.82) is 0 Å². The van der Waals surface area contributed by atoms with Crippen LogP contribution in [0.5, 0.6) is 0 Å². The number of hydrogen-bond donors (Lipinski definition) is 2. The Bertz CT molecular complexity index is 695. The largest absolute Gasteiger partial charge is 0.385 e. The van der Waals surface area contributed by atoms with Crippen LogP contribution in [0.3, 0.4) is 0 Å². The quantitative estimate of drug-likeness (QED) is 0.255. The number of amidine groups is 1. The number of aryl methyl sites for hydroxylation is 1. The van der Waals surface area contributed by atoms with Crippen LogP contribution in [0.1, 0.15) is 76.2 Å². The molecule has 2 fully saturated rings. The molecule has 5 nitrogen and oxygen atoms in total. The van der Waals surface area contributed by atoms with E-state index in [1.165, 1.54) is 56.9 Å². The highest BCUT2D eigenvalue weighted by atomic mass is 35.5. The minimum Gasteiger partial charge on any atom is -0.385 e. The van der Waals surface area contributed by atoms with E-state index >= 15 is 0 Å². The van der Waals surface area contributed by atoms with Crippen LogP contribution >= 0.6 is 11.8 Å². The van der Waals surface area contributed by atoms with Crippen molar-refractivity contribution < 1.29 is 9.53 Å². The van der Waals surface area contributed by atoms with Crippen LogP contribution in [0.4, 0.5) is 5.69 Å². The van der Waals surface area contributed by atoms with Crippen molar-refractivity contribution in [1.82, 2.24) is 0 Å². The van der Waals surface area contributed by atoms with Crippen molar-refractivity contribution in [3.05, 3.63) is 29.8 Å². The molecule has 30 heavy (non-hydrogen) atoms. The molecule has 3 N–H and O–H groups in total. The molecule has 2 saturated carbocycles. The highest BCUT2D eigenvalue weighted by Crippen LogP contribution is 2.47. The Labute approximate surface area is 185 Å². The first-order chi connectivity index (χ1) is 14.6. The molecule has 0 radical (unpaired) electrons. The number of unbranched alkanes of at least 4 members (excludes halogenated alkanes) is 3. The van der Waals surface area contributed by atoms with Crippen molar-refractivity contribution in [3.63, 3.8) is 0 Å². The third-order valence-corrected chi connectivity index (χ3v) is 6.74. The van der Waals surface area contributed by atoms with Gasteiger partial charge in [0.05, 0.1) is 0 Å². The Balaban J connectivity index is 1.25. The molecule has 0 bridgehead atoms. The van der Waals surface area contributed by atoms with Crippen LogP contribution in [0.15, 0.2) is 28.8 Å². The maximum Gasteiger partial charge on any atom is 0.238 e. The number of benzene rings is 1. The van der Waals surface area contributed by atoms with Crippen LogP contribution in [-0.4, -0.2) is 25.0 Å². The molecule has 3 rings (SSSR count). The molecule has 6 heteroatoms. The summed E-state index contributed by atoms with van der Waals surface area (Å²) < 4.78 is 9.36. The van der Waals surface area contributed by atoms with Crippen molar-refractivity contribution in [3.8, 4) is 0 Å². The number of anilines is 1. The molecule has 0 spiro atoms. The second-order valence-corrected chi connectivity index (χ2v) is 9.12. The fourth-order valence-corrected chi connectivity index (χ4v) is 4.46. The summed E-state index contributed by atoms with van der Waals surface area (Å²) in [6.45, 7) is 1.88. The first-order valence-corrected chi connectivity index (χ1v) is 11.9. The third kappa shape index (κ3) is 6.71. The number of halogens is 1. The number of rotatable bonds is 12. The molecule has 1 amide bonds. The van der Waals surface area contributed by atoms with E-state index in [1.807, 2.05) is 12.1 Å². The average molecular weight is 434 g/mol. The van der Waals surface area contributed by atoms with Gasteiger partial charge in [0.2, 0.25) is 5.91 Å². The second kappa shape index (κ2) is 11.7. The SMILES string of the molecule is N/C(=N\Cl)C1(C(=O)Nc2ccc(CCCCCCOCC3CCCCC3)cc2)CC1. The number of carbonyl (C=O) groups excluding carboxylic acids is 1. The van der Waals surface area contributed by atoms with Crippen LogP contribution in [-0.2, 0) is 16.0 Å². The first-order valence-electron chi connectivity index (χ1n) is 11.6. The summed E-state index contributed by atoms with van der Waals surface area (Å²) in [5.74, 6) is 0.896. The Morgan fingerprint density at radius 1 is 1.10 bits per heavy atom. The summed E-state index contributed by atoms with van der Waals surface area (Å²) in [5, 5.41) is 2.93. The number of nitrogens with zero attached hydrogens (tertiary/aromatic N) is 1. The van der Waals surface area contributed by atoms with E-state index in [2.05, 4.69) is 22.0 Å². The molecule has 1 aromatic carbocycles. The second-order valence-electron chi connectivity index (χ2n) is 8.95. The molecular formula is C24H36ClN3O2. The van der Waals surface area contributed by atoms with Gasteiger partial charge in [-0.3, -0.25) is 4.79 Å². The van der Waals surface area contributed by atoms with Crippen molar-refractivity contribution in [2.45, 2.75) is 77.0 Å². The van der Waals surface area contributed by atoms with E-state index in [4.69, 9.17) is 22.2 Å². The topological polar surface area (TPSA) is 76.7 Å². The van der Waals surface area contributed by atoms with Crippen LogP contribution < -0.4 is 11.1 Å². The molecule has 0 heterocycles. The Kier molecular flexibility index (Phi) is 9.01. The van der Waals surface area contributed by atoms with Gasteiger partial charge in [0.1, 0.15) is 11.3 Å². The number of nitrogens with two attached hydrogens (primary N) is 1. The van der Waals surface area contributed by atoms with E-state index in [-0.39, 0.29) is 11.7 Å². The predicted molar refractivity (Wildman–Crippen MR) is 124 cm³/mol. The first kappa shape index (κ1) is 23.1. The summed E-state index contributed by atoms with van der Waals surface area (Å²) in [6.07, 6.45) is 14.2. The third-order valence-electron chi connectivity index (χ3n) is 6.56. The van der Waals surface area contributed by atoms with Gasteiger partial charge < -0.3 is 15.8 Å². The highest BCUT2D eigenvalue weighted by Gasteiger charge is 2.53. The zero-order valence-electron chi connectivity index (χ0n) is 18.0. The summed E-state index contributed by atoms with van der Waals surface area (Å²) >= 11 is 5.45. The highest BCUT2D eigenvalue weighted by molar-refractivity contribution is 6.24. The van der Waals surface area contributed by atoms with Gasteiger partial charge in [0, 0.05) is 30.7 Å². The fourth-order valence-electron chi connectivity index (χ4n) is 4.30. The van der Waals surface area contributed by atoms with Crippen molar-refractivity contribution in [2.24, 2.45) is 21.6 Å². The zero-order valence-corrected chi connectivity index (χ0v) is 18.8. The molecular weight excluding hydrogens is 398 g/mol. The van der Waals surface area contributed by atoms with Gasteiger partial charge in [0.15, 0.2) is 0 Å². The maximum atomic E-state index is 12.4. The average Bonchev–Trinajstić information content (AvgIpc) is 3.59. The molecule has 0 aliphatic heterocycles. The fraction of sp³-hybridized carbons (Fsp3) is 0.667. The number of hydrogen-bond acceptors (Lipinski definition) is 3. The Morgan fingerprint density at radius 2 is 1.80 bits per heavy atom. The molecule has 2 aliphatic carbocycles. The van der Waals surface area contributed by atoms with Gasteiger partial charge in [-0.2, -0.15) is 4.51 Å². The normalized spacial score (nSPS) is 18.9. The molecule has 0 atom stereocenters. The monoisotopic (exact) mass is 433 g/mol. The van der Waals surface area contributed by atoms with Gasteiger partial charge >= 0.3 is 0 Å². The summed E-state index contributed by atoms with van der Waals surface area (Å²) in [6, 6.07) is 8.08. The summed E-state index contributed by atoms with van der Waals surface area (Å²) in [5.41, 5.74) is 7.15. The van der Waals surface area contributed by atoms with Crippen molar-refractivity contribution >= 4 is 29.2 Å². The molecule has 166 valence electrons. The van der Waals surface area contributed by atoms with E-state index < -0.39 is 5.41 Å². The standard InChI is InChI=1S/C24H36ClN3O2/c25-28-22(26)24(15-16-24)23(29)27-21-13-11-19(12-14-21)8-4-1-2-7-17-30-18-20-9-5-3-6-10-20/h11-14,20H,1-10,15-18H2,(H2,26,28)(H,27,29).